The lowest BCUT2D eigenvalue weighted by molar-refractivity contribution is -0.128. The smallest absolute Gasteiger partial charge is 0.0584 e. The second kappa shape index (κ2) is 5.76. The van der Waals surface area contributed by atoms with Crippen molar-refractivity contribution in [1.29, 1.82) is 0 Å². The lowest BCUT2D eigenvalue weighted by atomic mass is 9.87. The van der Waals surface area contributed by atoms with Crippen molar-refractivity contribution in [2.45, 2.75) is 11.8 Å². The number of aliphatic hydroxyl groups excluding tert-OH is 1. The summed E-state index contributed by atoms with van der Waals surface area (Å²) in [6.45, 7) is 4.41. The molecule has 1 aliphatic heterocycles. The van der Waals surface area contributed by atoms with E-state index in [1.54, 1.807) is 0 Å². The van der Waals surface area contributed by atoms with Gasteiger partial charge in [-0.2, -0.15) is 0 Å². The number of hydrogen-bond donors (Lipinski definition) is 2. The molecule has 4 heteroatoms. The van der Waals surface area contributed by atoms with Crippen molar-refractivity contribution < 1.29 is 9.84 Å². The topological polar surface area (TPSA) is 41.5 Å². The van der Waals surface area contributed by atoms with Gasteiger partial charge in [0.1, 0.15) is 0 Å². The normalized spacial score (nSPS) is 17.5. The predicted molar refractivity (Wildman–Crippen MR) is 71.7 cm³/mol. The molecule has 17 heavy (non-hydrogen) atoms. The Morgan fingerprint density at radius 1 is 1.35 bits per heavy atom. The van der Waals surface area contributed by atoms with Crippen LogP contribution >= 0.6 is 11.8 Å². The van der Waals surface area contributed by atoms with Crippen LogP contribution in [0.4, 0.5) is 5.69 Å². The first-order valence-electron chi connectivity index (χ1n) is 5.93. The maximum absolute atomic E-state index is 9.31. The summed E-state index contributed by atoms with van der Waals surface area (Å²) in [4.78, 5) is 1.29. The minimum atomic E-state index is -0.0726. The van der Waals surface area contributed by atoms with Crippen LogP contribution in [0.5, 0.6) is 0 Å². The zero-order valence-electron chi connectivity index (χ0n) is 10.1. The van der Waals surface area contributed by atoms with Crippen LogP contribution in [0.25, 0.3) is 0 Å². The lowest BCUT2D eigenvalue weighted by Crippen LogP contribution is -2.50. The van der Waals surface area contributed by atoms with Crippen LogP contribution in [0.2, 0.25) is 0 Å². The molecule has 1 heterocycles. The van der Waals surface area contributed by atoms with Crippen LogP contribution in [0, 0.1) is 5.41 Å². The molecule has 0 unspecified atom stereocenters. The molecule has 0 aromatic heterocycles. The van der Waals surface area contributed by atoms with Crippen molar-refractivity contribution in [3.05, 3.63) is 24.3 Å². The minimum Gasteiger partial charge on any atom is -0.396 e. The number of rotatable bonds is 6. The van der Waals surface area contributed by atoms with E-state index in [0.717, 1.165) is 18.0 Å². The van der Waals surface area contributed by atoms with Gasteiger partial charge in [-0.05, 0) is 30.0 Å². The van der Waals surface area contributed by atoms with Crippen molar-refractivity contribution in [1.82, 2.24) is 0 Å². The minimum absolute atomic E-state index is 0.0726. The highest BCUT2D eigenvalue weighted by atomic mass is 32.2. The molecule has 3 nitrogen and oxygen atoms in total. The van der Waals surface area contributed by atoms with Crippen molar-refractivity contribution in [3.8, 4) is 0 Å². The molecule has 0 bridgehead atoms. The third-order valence-electron chi connectivity index (χ3n) is 2.98. The third kappa shape index (κ3) is 3.15. The molecule has 2 rings (SSSR count). The van der Waals surface area contributed by atoms with E-state index in [1.807, 2.05) is 11.8 Å². The summed E-state index contributed by atoms with van der Waals surface area (Å²) in [5.41, 5.74) is 1.03. The van der Waals surface area contributed by atoms with E-state index in [4.69, 9.17) is 4.74 Å². The molecule has 0 radical (unpaired) electrons. The highest BCUT2D eigenvalue weighted by Crippen LogP contribution is 2.27. The van der Waals surface area contributed by atoms with Crippen LogP contribution in [0.1, 0.15) is 6.92 Å². The number of hydrogen-bond acceptors (Lipinski definition) is 4. The first-order valence-corrected chi connectivity index (χ1v) is 6.92. The summed E-state index contributed by atoms with van der Waals surface area (Å²) < 4.78 is 5.17. The van der Waals surface area contributed by atoms with Crippen LogP contribution in [-0.2, 0) is 4.74 Å². The van der Waals surface area contributed by atoms with Crippen LogP contribution < -0.4 is 5.32 Å². The summed E-state index contributed by atoms with van der Waals surface area (Å²) in [5, 5.41) is 12.7. The first-order chi connectivity index (χ1) is 8.28. The van der Waals surface area contributed by atoms with Crippen LogP contribution in [0.3, 0.4) is 0 Å². The Hall–Kier alpha value is -0.710. The second-order valence-electron chi connectivity index (χ2n) is 4.46. The zero-order valence-corrected chi connectivity index (χ0v) is 10.9. The third-order valence-corrected chi connectivity index (χ3v) is 3.88. The number of anilines is 1. The monoisotopic (exact) mass is 253 g/mol. The van der Waals surface area contributed by atoms with Crippen LogP contribution in [0.15, 0.2) is 29.2 Å². The molecule has 1 saturated heterocycles. The number of nitrogens with one attached hydrogen (secondary N) is 1. The molecule has 1 aliphatic rings. The van der Waals surface area contributed by atoms with Gasteiger partial charge in [0.2, 0.25) is 0 Å². The van der Waals surface area contributed by atoms with Gasteiger partial charge in [-0.3, -0.25) is 0 Å². The maximum atomic E-state index is 9.31. The highest BCUT2D eigenvalue weighted by molar-refractivity contribution is 7.99. The van der Waals surface area contributed by atoms with E-state index in [0.29, 0.717) is 13.2 Å². The van der Waals surface area contributed by atoms with E-state index in [9.17, 15) is 5.11 Å². The Kier molecular flexibility index (Phi) is 4.31. The van der Waals surface area contributed by atoms with E-state index < -0.39 is 0 Å². The highest BCUT2D eigenvalue weighted by Gasteiger charge is 2.37. The average Bonchev–Trinajstić information content (AvgIpc) is 2.31. The molecule has 0 spiro atoms. The van der Waals surface area contributed by atoms with Gasteiger partial charge in [-0.1, -0.05) is 6.92 Å². The summed E-state index contributed by atoms with van der Waals surface area (Å²) in [5.74, 6) is 1.09. The van der Waals surface area contributed by atoms with Gasteiger partial charge in [0, 0.05) is 17.1 Å². The molecule has 1 aromatic rings. The molecule has 0 amide bonds. The van der Waals surface area contributed by atoms with Gasteiger partial charge >= 0.3 is 0 Å². The van der Waals surface area contributed by atoms with E-state index in [1.165, 1.54) is 4.90 Å². The fourth-order valence-corrected chi connectivity index (χ4v) is 2.43. The first kappa shape index (κ1) is 12.7. The maximum Gasteiger partial charge on any atom is 0.0584 e. The summed E-state index contributed by atoms with van der Waals surface area (Å²) in [7, 11) is 0. The molecule has 1 aromatic carbocycles. The molecule has 94 valence electrons. The Labute approximate surface area is 107 Å². The Morgan fingerprint density at radius 2 is 2.06 bits per heavy atom. The fourth-order valence-electron chi connectivity index (χ4n) is 1.77. The largest absolute Gasteiger partial charge is 0.396 e. The number of ether oxygens (including phenoxy) is 1. The Morgan fingerprint density at radius 3 is 2.53 bits per heavy atom. The number of thioether (sulfide) groups is 1. The second-order valence-corrected chi connectivity index (χ2v) is 5.80. The summed E-state index contributed by atoms with van der Waals surface area (Å²) in [6, 6.07) is 8.42. The molecular formula is C13H19NO2S. The van der Waals surface area contributed by atoms with Gasteiger partial charge in [0.25, 0.3) is 0 Å². The van der Waals surface area contributed by atoms with Crippen LogP contribution in [-0.4, -0.2) is 37.2 Å². The van der Waals surface area contributed by atoms with Crippen molar-refractivity contribution >= 4 is 17.4 Å². The zero-order chi connectivity index (χ0) is 12.1. The van der Waals surface area contributed by atoms with Gasteiger partial charge in [-0.25, -0.2) is 0 Å². The van der Waals surface area contributed by atoms with E-state index in [-0.39, 0.29) is 12.0 Å². The molecular weight excluding hydrogens is 234 g/mol. The lowest BCUT2D eigenvalue weighted by Gasteiger charge is -2.40. The Balaban J connectivity index is 1.86. The Bertz CT molecular complexity index is 343. The average molecular weight is 253 g/mol. The standard InChI is InChI=1S/C13H19NO2S/c1-2-17-12-5-3-11(4-6-12)14-7-13(8-15)9-16-10-13/h3-6,14-15H,2,7-10H2,1H3. The summed E-state index contributed by atoms with van der Waals surface area (Å²) >= 11 is 1.84. The predicted octanol–water partition coefficient (Wildman–Crippen LogP) is 2.22. The summed E-state index contributed by atoms with van der Waals surface area (Å²) in [6.07, 6.45) is 0. The SMILES string of the molecule is CCSc1ccc(NCC2(CO)COC2)cc1. The van der Waals surface area contributed by atoms with E-state index in [2.05, 4.69) is 36.5 Å². The molecule has 1 fully saturated rings. The fraction of sp³-hybridized carbons (Fsp3) is 0.538. The van der Waals surface area contributed by atoms with Crippen molar-refractivity contribution in [2.24, 2.45) is 5.41 Å². The van der Waals surface area contributed by atoms with E-state index >= 15 is 0 Å². The van der Waals surface area contributed by atoms with Crippen molar-refractivity contribution in [2.75, 3.05) is 37.4 Å². The molecule has 0 aliphatic carbocycles. The molecule has 0 saturated carbocycles. The van der Waals surface area contributed by atoms with Gasteiger partial charge in [0.15, 0.2) is 0 Å². The quantitative estimate of drug-likeness (QED) is 0.763. The van der Waals surface area contributed by atoms with Gasteiger partial charge < -0.3 is 15.2 Å². The van der Waals surface area contributed by atoms with Crippen molar-refractivity contribution in [3.63, 3.8) is 0 Å². The molecule has 2 N–H and O–H groups in total. The number of benzene rings is 1. The van der Waals surface area contributed by atoms with Gasteiger partial charge in [0.05, 0.1) is 25.2 Å². The van der Waals surface area contributed by atoms with Gasteiger partial charge in [-0.15, -0.1) is 11.8 Å². The molecule has 0 atom stereocenters. The number of aliphatic hydroxyl groups is 1.